The first-order chi connectivity index (χ1) is 15.7. The van der Waals surface area contributed by atoms with Crippen LogP contribution in [0.5, 0.6) is 0 Å². The van der Waals surface area contributed by atoms with E-state index in [1.54, 1.807) is 0 Å². The fourth-order valence-corrected chi connectivity index (χ4v) is 6.37. The van der Waals surface area contributed by atoms with E-state index in [4.69, 9.17) is 4.74 Å². The number of carbonyl (C=O) groups is 1. The molecule has 1 heterocycles. The summed E-state index contributed by atoms with van der Waals surface area (Å²) in [5.74, 6) is 1.13. The highest BCUT2D eigenvalue weighted by atomic mass is 32.2. The first-order valence-corrected chi connectivity index (χ1v) is 13.4. The van der Waals surface area contributed by atoms with Crippen molar-refractivity contribution >= 4 is 17.7 Å². The molecule has 1 fully saturated rings. The molecular formula is C28H37NO2S. The number of ether oxygens (including phenoxy) is 1. The Morgan fingerprint density at radius 3 is 2.88 bits per heavy atom. The van der Waals surface area contributed by atoms with E-state index in [9.17, 15) is 4.79 Å². The lowest BCUT2D eigenvalue weighted by molar-refractivity contribution is -0.153. The largest absolute Gasteiger partial charge is 0.465 e. The van der Waals surface area contributed by atoms with Crippen molar-refractivity contribution in [3.63, 3.8) is 0 Å². The minimum atomic E-state index is -0.560. The summed E-state index contributed by atoms with van der Waals surface area (Å²) >= 11 is 1.93. The Balaban J connectivity index is 1.48. The van der Waals surface area contributed by atoms with Crippen LogP contribution in [0.15, 0.2) is 53.4 Å². The lowest BCUT2D eigenvalue weighted by atomic mass is 9.65. The Hall–Kier alpha value is -1.78. The number of hydrogen-bond acceptors (Lipinski definition) is 4. The van der Waals surface area contributed by atoms with Gasteiger partial charge in [0.1, 0.15) is 5.41 Å². The van der Waals surface area contributed by atoms with Gasteiger partial charge in [-0.1, -0.05) is 62.2 Å². The molecule has 1 N–H and O–H groups in total. The van der Waals surface area contributed by atoms with E-state index in [1.165, 1.54) is 28.0 Å². The van der Waals surface area contributed by atoms with E-state index in [1.807, 2.05) is 11.8 Å². The van der Waals surface area contributed by atoms with Crippen molar-refractivity contribution in [1.82, 2.24) is 5.32 Å². The maximum Gasteiger partial charge on any atom is 0.318 e. The molecule has 0 saturated heterocycles. The van der Waals surface area contributed by atoms with E-state index in [-0.39, 0.29) is 12.0 Å². The number of nitrogens with one attached hydrogen (secondary N) is 1. The highest BCUT2D eigenvalue weighted by Crippen LogP contribution is 2.43. The normalized spacial score (nSPS) is 22.5. The number of rotatable bonds is 10. The van der Waals surface area contributed by atoms with E-state index >= 15 is 0 Å². The molecule has 2 aliphatic rings. The van der Waals surface area contributed by atoms with E-state index < -0.39 is 5.41 Å². The maximum atomic E-state index is 13.6. The number of aryl methyl sites for hydroxylation is 2. The molecule has 0 aromatic heterocycles. The van der Waals surface area contributed by atoms with Gasteiger partial charge in [0, 0.05) is 16.7 Å². The van der Waals surface area contributed by atoms with Gasteiger partial charge in [-0.2, -0.15) is 0 Å². The molecule has 172 valence electrons. The van der Waals surface area contributed by atoms with Crippen LogP contribution in [0.3, 0.4) is 0 Å². The average molecular weight is 452 g/mol. The van der Waals surface area contributed by atoms with Gasteiger partial charge < -0.3 is 10.1 Å². The molecule has 4 rings (SSSR count). The Kier molecular flexibility index (Phi) is 8.31. The second-order valence-corrected chi connectivity index (χ2v) is 10.4. The predicted octanol–water partition coefficient (Wildman–Crippen LogP) is 6.08. The molecule has 2 atom stereocenters. The summed E-state index contributed by atoms with van der Waals surface area (Å²) in [6.45, 7) is 3.52. The molecule has 4 heteroatoms. The summed E-state index contributed by atoms with van der Waals surface area (Å²) in [4.78, 5) is 15.0. The van der Waals surface area contributed by atoms with Crippen molar-refractivity contribution < 1.29 is 9.53 Å². The molecule has 1 aliphatic heterocycles. The second-order valence-electron chi connectivity index (χ2n) is 9.22. The summed E-state index contributed by atoms with van der Waals surface area (Å²) in [7, 11) is 0. The fraction of sp³-hybridized carbons (Fsp3) is 0.536. The summed E-state index contributed by atoms with van der Waals surface area (Å²) in [6, 6.07) is 17.6. The van der Waals surface area contributed by atoms with E-state index in [0.717, 1.165) is 63.7 Å². The molecule has 0 radical (unpaired) electrons. The number of carbonyl (C=O) groups excluding carboxylic acids is 1. The zero-order valence-corrected chi connectivity index (χ0v) is 20.2. The Labute approximate surface area is 197 Å². The van der Waals surface area contributed by atoms with E-state index in [0.29, 0.717) is 6.61 Å². The summed E-state index contributed by atoms with van der Waals surface area (Å²) in [6.07, 6.45) is 9.52. The second kappa shape index (κ2) is 11.4. The maximum absolute atomic E-state index is 13.6. The van der Waals surface area contributed by atoms with Gasteiger partial charge in [0.05, 0.1) is 6.61 Å². The number of unbranched alkanes of at least 4 members (excludes halogenated alkanes) is 1. The van der Waals surface area contributed by atoms with Crippen molar-refractivity contribution in [2.75, 3.05) is 18.9 Å². The molecular weight excluding hydrogens is 414 g/mol. The van der Waals surface area contributed by atoms with Crippen LogP contribution in [0.4, 0.5) is 0 Å². The van der Waals surface area contributed by atoms with Gasteiger partial charge in [-0.3, -0.25) is 4.79 Å². The molecule has 3 nitrogen and oxygen atoms in total. The minimum Gasteiger partial charge on any atom is -0.465 e. The third-order valence-corrected chi connectivity index (χ3v) is 8.16. The van der Waals surface area contributed by atoms with Gasteiger partial charge in [0.25, 0.3) is 0 Å². The van der Waals surface area contributed by atoms with Crippen LogP contribution in [0.2, 0.25) is 0 Å². The van der Waals surface area contributed by atoms with Gasteiger partial charge in [0.2, 0.25) is 0 Å². The molecule has 0 spiro atoms. The molecule has 2 aromatic rings. The standard InChI is InChI=1S/C28H37NO2S/c1-2-19-31-27(30)28(24-14-15-25-23(21-24)16-20-32-25)17-8-6-13-26(28)29-18-9-7-12-22-10-4-3-5-11-22/h3-5,10-11,14-15,21,26,29H,2,6-9,12-13,16-20H2,1H3. The average Bonchev–Trinajstić information content (AvgIpc) is 3.31. The highest BCUT2D eigenvalue weighted by Gasteiger charge is 2.49. The molecule has 32 heavy (non-hydrogen) atoms. The summed E-state index contributed by atoms with van der Waals surface area (Å²) in [5.41, 5.74) is 3.41. The van der Waals surface area contributed by atoms with Crippen LogP contribution in [0.25, 0.3) is 0 Å². The zero-order valence-electron chi connectivity index (χ0n) is 19.4. The highest BCUT2D eigenvalue weighted by molar-refractivity contribution is 7.99. The van der Waals surface area contributed by atoms with Gasteiger partial charge >= 0.3 is 5.97 Å². The molecule has 0 amide bonds. The Morgan fingerprint density at radius 2 is 2.03 bits per heavy atom. The third-order valence-electron chi connectivity index (χ3n) is 7.04. The topological polar surface area (TPSA) is 38.3 Å². The number of fused-ring (bicyclic) bond motifs is 1. The first-order valence-electron chi connectivity index (χ1n) is 12.4. The summed E-state index contributed by atoms with van der Waals surface area (Å²) < 4.78 is 5.84. The Bertz CT molecular complexity index is 884. The smallest absolute Gasteiger partial charge is 0.318 e. The van der Waals surface area contributed by atoms with Crippen LogP contribution in [-0.4, -0.2) is 30.9 Å². The van der Waals surface area contributed by atoms with Crippen LogP contribution in [0, 0.1) is 0 Å². The summed E-state index contributed by atoms with van der Waals surface area (Å²) in [5, 5.41) is 3.82. The number of hydrogen-bond donors (Lipinski definition) is 1. The van der Waals surface area contributed by atoms with Crippen LogP contribution in [0.1, 0.15) is 68.6 Å². The van der Waals surface area contributed by atoms with Crippen molar-refractivity contribution in [3.05, 3.63) is 65.2 Å². The monoisotopic (exact) mass is 451 g/mol. The predicted molar refractivity (Wildman–Crippen MR) is 133 cm³/mol. The van der Waals surface area contributed by atoms with Gasteiger partial charge in [-0.25, -0.2) is 0 Å². The minimum absolute atomic E-state index is 0.0218. The number of thioether (sulfide) groups is 1. The lowest BCUT2D eigenvalue weighted by Crippen LogP contribution is -2.56. The van der Waals surface area contributed by atoms with E-state index in [2.05, 4.69) is 60.8 Å². The SMILES string of the molecule is CCCOC(=O)C1(c2ccc3c(c2)CCS3)CCCCC1NCCCCc1ccccc1. The molecule has 2 unspecified atom stereocenters. The number of benzene rings is 2. The quantitative estimate of drug-likeness (QED) is 0.351. The van der Waals surface area contributed by atoms with Crippen molar-refractivity contribution in [2.24, 2.45) is 0 Å². The molecule has 0 bridgehead atoms. The fourth-order valence-electron chi connectivity index (χ4n) is 5.32. The number of esters is 1. The van der Waals surface area contributed by atoms with Crippen molar-refractivity contribution in [3.8, 4) is 0 Å². The van der Waals surface area contributed by atoms with Gasteiger partial charge in [0.15, 0.2) is 0 Å². The zero-order chi connectivity index (χ0) is 22.2. The van der Waals surface area contributed by atoms with Crippen molar-refractivity contribution in [2.45, 2.75) is 81.1 Å². The van der Waals surface area contributed by atoms with Crippen LogP contribution < -0.4 is 5.32 Å². The molecule has 1 aliphatic carbocycles. The molecule has 1 saturated carbocycles. The first kappa shape index (κ1) is 23.4. The Morgan fingerprint density at radius 1 is 1.16 bits per heavy atom. The van der Waals surface area contributed by atoms with Crippen LogP contribution >= 0.6 is 11.8 Å². The van der Waals surface area contributed by atoms with Crippen molar-refractivity contribution in [1.29, 1.82) is 0 Å². The van der Waals surface area contributed by atoms with Gasteiger partial charge in [-0.15, -0.1) is 11.8 Å². The molecule has 2 aromatic carbocycles. The van der Waals surface area contributed by atoms with Gasteiger partial charge in [-0.05, 0) is 74.2 Å². The lowest BCUT2D eigenvalue weighted by Gasteiger charge is -2.43. The third kappa shape index (κ3) is 5.23. The van der Waals surface area contributed by atoms with Crippen LogP contribution in [-0.2, 0) is 27.8 Å².